The summed E-state index contributed by atoms with van der Waals surface area (Å²) in [5, 5.41) is 13.1. The van der Waals surface area contributed by atoms with Crippen molar-refractivity contribution in [2.24, 2.45) is 0 Å². The lowest BCUT2D eigenvalue weighted by Crippen LogP contribution is -2.66. The minimum absolute atomic E-state index is 0.101. The number of aliphatic hydroxyl groups excluding tert-OH is 1. The van der Waals surface area contributed by atoms with Gasteiger partial charge in [-0.15, -0.1) is 0 Å². The summed E-state index contributed by atoms with van der Waals surface area (Å²) in [4.78, 5) is 20.5. The van der Waals surface area contributed by atoms with Crippen molar-refractivity contribution in [3.63, 3.8) is 0 Å². The van der Waals surface area contributed by atoms with Gasteiger partial charge in [-0.1, -0.05) is 30.3 Å². The Bertz CT molecular complexity index is 780. The molecule has 1 aliphatic heterocycles. The molecule has 1 fully saturated rings. The average molecular weight is 388 g/mol. The number of ether oxygens (including phenoxy) is 1. The van der Waals surface area contributed by atoms with Crippen LogP contribution in [0.25, 0.3) is 0 Å². The zero-order valence-electron chi connectivity index (χ0n) is 16.6. The van der Waals surface area contributed by atoms with Gasteiger partial charge < -0.3 is 24.5 Å². The normalized spacial score (nSPS) is 22.8. The molecule has 2 atom stereocenters. The van der Waals surface area contributed by atoms with Crippen LogP contribution in [0.4, 0.5) is 6.01 Å². The highest BCUT2D eigenvalue weighted by atomic mass is 16.5. The number of aromatic nitrogens is 1. The molecule has 8 nitrogen and oxygen atoms in total. The highest BCUT2D eigenvalue weighted by Crippen LogP contribution is 2.26. The average Bonchev–Trinajstić information content (AvgIpc) is 3.20. The number of benzene rings is 1. The van der Waals surface area contributed by atoms with E-state index in [0.717, 1.165) is 5.56 Å². The van der Waals surface area contributed by atoms with Gasteiger partial charge in [0.15, 0.2) is 0 Å². The van der Waals surface area contributed by atoms with Crippen molar-refractivity contribution in [1.29, 1.82) is 0 Å². The maximum atomic E-state index is 12.5. The number of amides is 1. The van der Waals surface area contributed by atoms with E-state index in [2.05, 4.69) is 34.3 Å². The number of rotatable bonds is 7. The van der Waals surface area contributed by atoms with Gasteiger partial charge in [-0.25, -0.2) is 4.98 Å². The fourth-order valence-electron chi connectivity index (χ4n) is 3.42. The topological polar surface area (TPSA) is 91.1 Å². The third kappa shape index (κ3) is 4.35. The first kappa shape index (κ1) is 20.3. The molecule has 2 N–H and O–H groups in total. The SMILES string of the molecule is C[C@@H]1COC[C@@](CO)(CNC(=O)c2cnc(N(C)C)o2)N1Cc1ccccc1. The number of morpholine rings is 1. The van der Waals surface area contributed by atoms with Crippen LogP contribution in [0.1, 0.15) is 23.0 Å². The fraction of sp³-hybridized carbons (Fsp3) is 0.500. The van der Waals surface area contributed by atoms with Gasteiger partial charge in [0.1, 0.15) is 0 Å². The molecule has 0 radical (unpaired) electrons. The molecule has 28 heavy (non-hydrogen) atoms. The number of anilines is 1. The van der Waals surface area contributed by atoms with Crippen molar-refractivity contribution in [2.45, 2.75) is 25.0 Å². The molecule has 0 unspecified atom stereocenters. The lowest BCUT2D eigenvalue weighted by Gasteiger charge is -2.49. The summed E-state index contributed by atoms with van der Waals surface area (Å²) in [7, 11) is 3.58. The summed E-state index contributed by atoms with van der Waals surface area (Å²) >= 11 is 0. The van der Waals surface area contributed by atoms with Crippen LogP contribution in [-0.2, 0) is 11.3 Å². The zero-order valence-corrected chi connectivity index (χ0v) is 16.6. The highest BCUT2D eigenvalue weighted by Gasteiger charge is 2.43. The molecule has 0 saturated carbocycles. The highest BCUT2D eigenvalue weighted by molar-refractivity contribution is 5.91. The van der Waals surface area contributed by atoms with E-state index >= 15 is 0 Å². The van der Waals surface area contributed by atoms with Gasteiger partial charge in [-0.2, -0.15) is 0 Å². The smallest absolute Gasteiger partial charge is 0.297 e. The van der Waals surface area contributed by atoms with Gasteiger partial charge in [0.05, 0.1) is 31.6 Å². The van der Waals surface area contributed by atoms with Crippen molar-refractivity contribution in [1.82, 2.24) is 15.2 Å². The van der Waals surface area contributed by atoms with E-state index in [4.69, 9.17) is 9.15 Å². The van der Waals surface area contributed by atoms with E-state index in [-0.39, 0.29) is 30.9 Å². The second kappa shape index (κ2) is 8.72. The van der Waals surface area contributed by atoms with Gasteiger partial charge >= 0.3 is 0 Å². The summed E-state index contributed by atoms with van der Waals surface area (Å²) in [6, 6.07) is 10.5. The van der Waals surface area contributed by atoms with Gasteiger partial charge in [-0.3, -0.25) is 9.69 Å². The summed E-state index contributed by atoms with van der Waals surface area (Å²) in [6.07, 6.45) is 1.40. The number of nitrogens with one attached hydrogen (secondary N) is 1. The van der Waals surface area contributed by atoms with E-state index < -0.39 is 5.54 Å². The molecule has 0 aliphatic carbocycles. The maximum Gasteiger partial charge on any atom is 0.297 e. The predicted molar refractivity (Wildman–Crippen MR) is 105 cm³/mol. The Morgan fingerprint density at radius 3 is 2.79 bits per heavy atom. The van der Waals surface area contributed by atoms with Crippen LogP contribution >= 0.6 is 0 Å². The lowest BCUT2D eigenvalue weighted by atomic mass is 9.94. The van der Waals surface area contributed by atoms with Crippen molar-refractivity contribution < 1.29 is 19.1 Å². The fourth-order valence-corrected chi connectivity index (χ4v) is 3.42. The second-order valence-electron chi connectivity index (χ2n) is 7.44. The van der Waals surface area contributed by atoms with E-state index in [1.54, 1.807) is 19.0 Å². The summed E-state index contributed by atoms with van der Waals surface area (Å²) in [5.41, 5.74) is 0.430. The molecule has 1 saturated heterocycles. The van der Waals surface area contributed by atoms with Crippen molar-refractivity contribution in [2.75, 3.05) is 45.4 Å². The standard InChI is InChI=1S/C20H28N4O4/c1-15-11-27-14-20(13-25,24(15)10-16-7-5-4-6-8-16)12-22-18(26)17-9-21-19(28-17)23(2)3/h4-9,15,25H,10-14H2,1-3H3,(H,22,26)/t15-,20+/m1/s1. The Morgan fingerprint density at radius 2 is 2.14 bits per heavy atom. The van der Waals surface area contributed by atoms with Gasteiger partial charge in [0, 0.05) is 33.2 Å². The second-order valence-corrected chi connectivity index (χ2v) is 7.44. The number of carbonyl (C=O) groups excluding carboxylic acids is 1. The number of hydrogen-bond donors (Lipinski definition) is 2. The third-order valence-corrected chi connectivity index (χ3v) is 5.04. The Balaban J connectivity index is 1.73. The van der Waals surface area contributed by atoms with E-state index in [0.29, 0.717) is 25.8 Å². The van der Waals surface area contributed by atoms with Gasteiger partial charge in [0.25, 0.3) is 11.9 Å². The van der Waals surface area contributed by atoms with E-state index in [1.807, 2.05) is 18.2 Å². The number of hydrogen-bond acceptors (Lipinski definition) is 7. The molecule has 0 spiro atoms. The van der Waals surface area contributed by atoms with Gasteiger partial charge in [0.2, 0.25) is 5.76 Å². The van der Waals surface area contributed by atoms with Crippen LogP contribution < -0.4 is 10.2 Å². The predicted octanol–water partition coefficient (Wildman–Crippen LogP) is 1.12. The molecular formula is C20H28N4O4. The number of aliphatic hydroxyl groups is 1. The zero-order chi connectivity index (χ0) is 20.1. The molecular weight excluding hydrogens is 360 g/mol. The Morgan fingerprint density at radius 1 is 1.39 bits per heavy atom. The van der Waals surface area contributed by atoms with Gasteiger partial charge in [-0.05, 0) is 12.5 Å². The van der Waals surface area contributed by atoms with Crippen molar-refractivity contribution in [3.05, 3.63) is 47.9 Å². The first-order chi connectivity index (χ1) is 13.4. The minimum atomic E-state index is -0.715. The van der Waals surface area contributed by atoms with Crippen LogP contribution in [-0.4, -0.2) is 72.9 Å². The summed E-state index contributed by atoms with van der Waals surface area (Å²) in [5.74, 6) is -0.234. The minimum Gasteiger partial charge on any atom is -0.418 e. The van der Waals surface area contributed by atoms with Crippen molar-refractivity contribution in [3.8, 4) is 0 Å². The lowest BCUT2D eigenvalue weighted by molar-refractivity contribution is -0.121. The van der Waals surface area contributed by atoms with Crippen molar-refractivity contribution >= 4 is 11.9 Å². The number of oxazole rings is 1. The first-order valence-corrected chi connectivity index (χ1v) is 9.36. The van der Waals surface area contributed by atoms with E-state index in [1.165, 1.54) is 6.20 Å². The Kier molecular flexibility index (Phi) is 6.33. The molecule has 8 heteroatoms. The van der Waals surface area contributed by atoms with E-state index in [9.17, 15) is 9.90 Å². The quantitative estimate of drug-likeness (QED) is 0.734. The Labute approximate surface area is 165 Å². The molecule has 152 valence electrons. The molecule has 3 rings (SSSR count). The Hall–Kier alpha value is -2.42. The van der Waals surface area contributed by atoms with Crippen LogP contribution in [0.2, 0.25) is 0 Å². The molecule has 1 aromatic heterocycles. The van der Waals surface area contributed by atoms with Crippen LogP contribution in [0.5, 0.6) is 0 Å². The molecule has 1 aromatic carbocycles. The molecule has 0 bridgehead atoms. The van der Waals surface area contributed by atoms with Crippen LogP contribution in [0.15, 0.2) is 40.9 Å². The number of nitrogens with zero attached hydrogens (tertiary/aromatic N) is 3. The van der Waals surface area contributed by atoms with Crippen LogP contribution in [0.3, 0.4) is 0 Å². The maximum absolute atomic E-state index is 12.5. The van der Waals surface area contributed by atoms with Crippen LogP contribution in [0, 0.1) is 0 Å². The largest absolute Gasteiger partial charge is 0.418 e. The monoisotopic (exact) mass is 388 g/mol. The third-order valence-electron chi connectivity index (χ3n) is 5.04. The number of carbonyl (C=O) groups is 1. The first-order valence-electron chi connectivity index (χ1n) is 9.36. The molecule has 1 aliphatic rings. The molecule has 2 aromatic rings. The molecule has 2 heterocycles. The summed E-state index contributed by atoms with van der Waals surface area (Å²) < 4.78 is 11.2. The summed E-state index contributed by atoms with van der Waals surface area (Å²) in [6.45, 7) is 3.74. The molecule has 1 amide bonds.